The number of nitrogens with zero attached hydrogens (tertiary/aromatic N) is 2. The fourth-order valence-electron chi connectivity index (χ4n) is 2.13. The van der Waals surface area contributed by atoms with E-state index < -0.39 is 0 Å². The Morgan fingerprint density at radius 3 is 2.72 bits per heavy atom. The predicted molar refractivity (Wildman–Crippen MR) is 101 cm³/mol. The summed E-state index contributed by atoms with van der Waals surface area (Å²) < 4.78 is 16.0. The van der Waals surface area contributed by atoms with Crippen LogP contribution in [0.25, 0.3) is 6.08 Å². The molecule has 1 saturated heterocycles. The zero-order valence-electron chi connectivity index (χ0n) is 13.5. The number of thiocarbonyl (C=S) groups is 1. The van der Waals surface area contributed by atoms with E-state index in [4.69, 9.17) is 26.1 Å². The van der Waals surface area contributed by atoms with Crippen molar-refractivity contribution in [3.63, 3.8) is 0 Å². The van der Waals surface area contributed by atoms with Crippen molar-refractivity contribution in [1.29, 1.82) is 0 Å². The molecule has 1 amide bonds. The van der Waals surface area contributed by atoms with Crippen molar-refractivity contribution in [2.45, 2.75) is 0 Å². The molecular weight excluding hydrogens is 360 g/mol. The molecule has 0 spiro atoms. The van der Waals surface area contributed by atoms with Crippen LogP contribution in [-0.4, -0.2) is 35.7 Å². The van der Waals surface area contributed by atoms with E-state index in [0.717, 1.165) is 5.56 Å². The number of hydrazone groups is 1. The van der Waals surface area contributed by atoms with Crippen molar-refractivity contribution < 1.29 is 18.7 Å². The summed E-state index contributed by atoms with van der Waals surface area (Å²) in [5.41, 5.74) is 0.799. The standard InChI is InChI=1S/C17H14N2O4S2/c1-21-13-6-5-11(8-14(13)22-2)9-15-16(20)19(17(24)25-15)18-10-12-4-3-7-23-12/h3-10H,1-2H3/b15-9+,18-10+. The van der Waals surface area contributed by atoms with Crippen LogP contribution in [0.1, 0.15) is 11.3 Å². The van der Waals surface area contributed by atoms with Gasteiger partial charge in [-0.2, -0.15) is 10.1 Å². The van der Waals surface area contributed by atoms with Gasteiger partial charge < -0.3 is 13.9 Å². The molecule has 6 nitrogen and oxygen atoms in total. The van der Waals surface area contributed by atoms with E-state index in [2.05, 4.69) is 5.10 Å². The molecule has 1 fully saturated rings. The highest BCUT2D eigenvalue weighted by atomic mass is 32.2. The lowest BCUT2D eigenvalue weighted by molar-refractivity contribution is -0.122. The maximum atomic E-state index is 12.5. The average Bonchev–Trinajstić information content (AvgIpc) is 3.22. The molecule has 0 N–H and O–H groups in total. The summed E-state index contributed by atoms with van der Waals surface area (Å²) in [6.45, 7) is 0. The minimum Gasteiger partial charge on any atom is -0.493 e. The van der Waals surface area contributed by atoms with Crippen LogP contribution in [0.3, 0.4) is 0 Å². The van der Waals surface area contributed by atoms with E-state index in [-0.39, 0.29) is 5.91 Å². The molecule has 1 aromatic carbocycles. The number of ether oxygens (including phenoxy) is 2. The summed E-state index contributed by atoms with van der Waals surface area (Å²) in [6.07, 6.45) is 4.72. The molecule has 1 aromatic heterocycles. The Balaban J connectivity index is 1.83. The van der Waals surface area contributed by atoms with Crippen molar-refractivity contribution >= 4 is 46.5 Å². The first-order chi connectivity index (χ1) is 12.1. The lowest BCUT2D eigenvalue weighted by Crippen LogP contribution is -2.22. The predicted octanol–water partition coefficient (Wildman–Crippen LogP) is 3.53. The molecular formula is C17H14N2O4S2. The van der Waals surface area contributed by atoms with Gasteiger partial charge in [0.05, 0.1) is 31.6 Å². The molecule has 0 saturated carbocycles. The molecule has 128 valence electrons. The van der Waals surface area contributed by atoms with Crippen LogP contribution >= 0.6 is 24.0 Å². The number of rotatable bonds is 5. The molecule has 0 radical (unpaired) electrons. The van der Waals surface area contributed by atoms with Gasteiger partial charge in [-0.3, -0.25) is 4.79 Å². The molecule has 0 unspecified atom stereocenters. The highest BCUT2D eigenvalue weighted by Crippen LogP contribution is 2.34. The summed E-state index contributed by atoms with van der Waals surface area (Å²) in [7, 11) is 3.13. The molecule has 2 heterocycles. The molecule has 8 heteroatoms. The second kappa shape index (κ2) is 7.54. The van der Waals surface area contributed by atoms with Crippen LogP contribution in [0.4, 0.5) is 0 Å². The van der Waals surface area contributed by atoms with Gasteiger partial charge in [0.15, 0.2) is 15.8 Å². The fraction of sp³-hybridized carbons (Fsp3) is 0.118. The SMILES string of the molecule is COc1ccc(/C=C2/SC(=S)N(/N=C/c3ccco3)C2=O)cc1OC. The Labute approximate surface area is 154 Å². The van der Waals surface area contributed by atoms with Gasteiger partial charge in [-0.15, -0.1) is 0 Å². The number of benzene rings is 1. The third kappa shape index (κ3) is 3.75. The Hall–Kier alpha value is -2.58. The van der Waals surface area contributed by atoms with Crippen LogP contribution < -0.4 is 9.47 Å². The number of thioether (sulfide) groups is 1. The minimum atomic E-state index is -0.285. The molecule has 2 aromatic rings. The first-order valence-corrected chi connectivity index (χ1v) is 8.42. The van der Waals surface area contributed by atoms with E-state index in [9.17, 15) is 4.79 Å². The molecule has 0 atom stereocenters. The largest absolute Gasteiger partial charge is 0.493 e. The van der Waals surface area contributed by atoms with Gasteiger partial charge in [-0.05, 0) is 48.1 Å². The minimum absolute atomic E-state index is 0.285. The van der Waals surface area contributed by atoms with E-state index >= 15 is 0 Å². The van der Waals surface area contributed by atoms with Crippen molar-refractivity contribution in [2.24, 2.45) is 5.10 Å². The normalized spacial score (nSPS) is 16.2. The van der Waals surface area contributed by atoms with Crippen molar-refractivity contribution in [2.75, 3.05) is 14.2 Å². The Kier molecular flexibility index (Phi) is 5.20. The van der Waals surface area contributed by atoms with Crippen molar-refractivity contribution in [3.05, 3.63) is 52.8 Å². The fourth-order valence-corrected chi connectivity index (χ4v) is 3.31. The number of furan rings is 1. The van der Waals surface area contributed by atoms with E-state index in [1.54, 1.807) is 44.6 Å². The maximum Gasteiger partial charge on any atom is 0.286 e. The average molecular weight is 374 g/mol. The number of methoxy groups -OCH3 is 2. The molecule has 0 bridgehead atoms. The lowest BCUT2D eigenvalue weighted by atomic mass is 10.2. The number of hydrogen-bond donors (Lipinski definition) is 0. The highest BCUT2D eigenvalue weighted by Gasteiger charge is 2.32. The summed E-state index contributed by atoms with van der Waals surface area (Å²) in [6, 6.07) is 8.88. The molecule has 1 aliphatic heterocycles. The van der Waals surface area contributed by atoms with E-state index in [1.807, 2.05) is 6.07 Å². The second-order valence-corrected chi connectivity index (χ2v) is 6.54. The smallest absolute Gasteiger partial charge is 0.286 e. The van der Waals surface area contributed by atoms with Gasteiger partial charge >= 0.3 is 0 Å². The summed E-state index contributed by atoms with van der Waals surface area (Å²) in [4.78, 5) is 13.0. The maximum absolute atomic E-state index is 12.5. The molecule has 0 aliphatic carbocycles. The van der Waals surface area contributed by atoms with Crippen LogP contribution in [-0.2, 0) is 4.79 Å². The number of hydrogen-bond acceptors (Lipinski definition) is 7. The molecule has 3 rings (SSSR count). The number of amides is 1. The number of carbonyl (C=O) groups is 1. The molecule has 1 aliphatic rings. The van der Waals surface area contributed by atoms with Gasteiger partial charge in [0, 0.05) is 0 Å². The number of carbonyl (C=O) groups excluding carboxylic acids is 1. The zero-order valence-corrected chi connectivity index (χ0v) is 15.1. The lowest BCUT2D eigenvalue weighted by Gasteiger charge is -2.08. The second-order valence-electron chi connectivity index (χ2n) is 4.87. The third-order valence-electron chi connectivity index (χ3n) is 3.32. The summed E-state index contributed by atoms with van der Waals surface area (Å²) in [5, 5.41) is 5.27. The first kappa shape index (κ1) is 17.2. The summed E-state index contributed by atoms with van der Waals surface area (Å²) >= 11 is 6.42. The van der Waals surface area contributed by atoms with Crippen LogP contribution in [0.15, 0.2) is 51.0 Å². The summed E-state index contributed by atoms with van der Waals surface area (Å²) in [5.74, 6) is 1.46. The van der Waals surface area contributed by atoms with Crippen molar-refractivity contribution in [1.82, 2.24) is 5.01 Å². The van der Waals surface area contributed by atoms with Gasteiger partial charge in [0.2, 0.25) is 0 Å². The quantitative estimate of drug-likeness (QED) is 0.453. The van der Waals surface area contributed by atoms with E-state index in [0.29, 0.717) is 26.5 Å². The highest BCUT2D eigenvalue weighted by molar-refractivity contribution is 8.26. The Morgan fingerprint density at radius 2 is 2.04 bits per heavy atom. The topological polar surface area (TPSA) is 64.3 Å². The van der Waals surface area contributed by atoms with Gasteiger partial charge in [-0.1, -0.05) is 17.8 Å². The van der Waals surface area contributed by atoms with E-state index in [1.165, 1.54) is 29.2 Å². The Morgan fingerprint density at radius 1 is 1.24 bits per heavy atom. The zero-order chi connectivity index (χ0) is 17.8. The van der Waals surface area contributed by atoms with Crippen LogP contribution in [0.2, 0.25) is 0 Å². The van der Waals surface area contributed by atoms with Gasteiger partial charge in [-0.25, -0.2) is 0 Å². The molecule has 25 heavy (non-hydrogen) atoms. The monoisotopic (exact) mass is 374 g/mol. The van der Waals surface area contributed by atoms with Gasteiger partial charge in [0.25, 0.3) is 5.91 Å². The van der Waals surface area contributed by atoms with Crippen LogP contribution in [0.5, 0.6) is 11.5 Å². The van der Waals surface area contributed by atoms with Crippen LogP contribution in [0, 0.1) is 0 Å². The first-order valence-electron chi connectivity index (χ1n) is 7.20. The van der Waals surface area contributed by atoms with Gasteiger partial charge in [0.1, 0.15) is 5.76 Å². The van der Waals surface area contributed by atoms with Crippen molar-refractivity contribution in [3.8, 4) is 11.5 Å². The Bertz CT molecular complexity index is 860. The third-order valence-corrected chi connectivity index (χ3v) is 4.61.